The second kappa shape index (κ2) is 6.14. The number of carbonyl (C=O) groups is 1. The summed E-state index contributed by atoms with van der Waals surface area (Å²) in [7, 11) is 1.59. The van der Waals surface area contributed by atoms with Gasteiger partial charge in [0.2, 0.25) is 5.13 Å². The summed E-state index contributed by atoms with van der Waals surface area (Å²) < 4.78 is 5.01. The van der Waals surface area contributed by atoms with Crippen LogP contribution in [0.15, 0.2) is 24.3 Å². The largest absolute Gasteiger partial charge is 0.377 e. The Kier molecular flexibility index (Phi) is 3.83. The fourth-order valence-corrected chi connectivity index (χ4v) is 3.60. The maximum absolute atomic E-state index is 12.6. The molecule has 0 radical (unpaired) electrons. The van der Waals surface area contributed by atoms with E-state index >= 15 is 0 Å². The van der Waals surface area contributed by atoms with E-state index in [1.165, 1.54) is 16.9 Å². The van der Waals surface area contributed by atoms with Crippen LogP contribution >= 0.6 is 11.3 Å². The van der Waals surface area contributed by atoms with E-state index in [0.717, 1.165) is 29.7 Å². The maximum atomic E-state index is 12.6. The number of H-pyrrole nitrogens is 1. The Morgan fingerprint density at radius 2 is 2.21 bits per heavy atom. The zero-order valence-corrected chi connectivity index (χ0v) is 13.8. The van der Waals surface area contributed by atoms with Crippen molar-refractivity contribution in [2.24, 2.45) is 0 Å². The van der Waals surface area contributed by atoms with Crippen LogP contribution in [-0.2, 0) is 24.2 Å². The number of methoxy groups -OCH3 is 1. The van der Waals surface area contributed by atoms with Gasteiger partial charge in [-0.2, -0.15) is 5.10 Å². The van der Waals surface area contributed by atoms with Gasteiger partial charge >= 0.3 is 0 Å². The van der Waals surface area contributed by atoms with E-state index in [0.29, 0.717) is 22.4 Å². The number of aryl methyl sites for hydroxylation is 1. The van der Waals surface area contributed by atoms with Crippen LogP contribution in [0.5, 0.6) is 0 Å². The number of amides is 1. The third kappa shape index (κ3) is 2.59. The van der Waals surface area contributed by atoms with Gasteiger partial charge in [-0.05, 0) is 18.4 Å². The fraction of sp³-hybridized carbons (Fsp3) is 0.250. The van der Waals surface area contributed by atoms with Crippen molar-refractivity contribution < 1.29 is 9.53 Å². The number of nitrogens with zero attached hydrogens (tertiary/aromatic N) is 3. The standard InChI is InChI=1S/C16H15N5O2S/c1-23-8-12-18-21-16(24-12)17-15(22)14-11-7-6-9-4-2-3-5-10(9)13(11)19-20-14/h2-5H,6-8H2,1H3,(H,19,20)(H,17,21,22). The average molecular weight is 341 g/mol. The van der Waals surface area contributed by atoms with Crippen LogP contribution in [0.2, 0.25) is 0 Å². The van der Waals surface area contributed by atoms with Gasteiger partial charge in [-0.15, -0.1) is 10.2 Å². The molecule has 0 fully saturated rings. The molecule has 0 saturated heterocycles. The van der Waals surface area contributed by atoms with Crippen molar-refractivity contribution in [3.63, 3.8) is 0 Å². The van der Waals surface area contributed by atoms with Crippen LogP contribution in [0, 0.1) is 0 Å². The van der Waals surface area contributed by atoms with Crippen LogP contribution in [0.1, 0.15) is 26.6 Å². The Morgan fingerprint density at radius 3 is 3.08 bits per heavy atom. The summed E-state index contributed by atoms with van der Waals surface area (Å²) in [4.78, 5) is 12.6. The minimum atomic E-state index is -0.247. The number of aromatic amines is 1. The van der Waals surface area contributed by atoms with Crippen molar-refractivity contribution in [2.45, 2.75) is 19.4 Å². The molecule has 1 aliphatic rings. The highest BCUT2D eigenvalue weighted by atomic mass is 32.1. The predicted octanol–water partition coefficient (Wildman–Crippen LogP) is 2.43. The lowest BCUT2D eigenvalue weighted by molar-refractivity contribution is 0.102. The van der Waals surface area contributed by atoms with E-state index in [9.17, 15) is 4.79 Å². The van der Waals surface area contributed by atoms with Crippen molar-refractivity contribution in [1.82, 2.24) is 20.4 Å². The lowest BCUT2D eigenvalue weighted by Gasteiger charge is -2.15. The number of rotatable bonds is 4. The Morgan fingerprint density at radius 1 is 1.33 bits per heavy atom. The van der Waals surface area contributed by atoms with Crippen LogP contribution in [-0.4, -0.2) is 33.4 Å². The summed E-state index contributed by atoms with van der Waals surface area (Å²) >= 11 is 1.30. The first-order valence-corrected chi connectivity index (χ1v) is 8.36. The SMILES string of the molecule is COCc1nnc(NC(=O)c2[nH]nc3c2CCc2ccccc2-3)s1. The van der Waals surface area contributed by atoms with Gasteiger partial charge in [0.1, 0.15) is 17.3 Å². The Labute approximate surface area is 142 Å². The summed E-state index contributed by atoms with van der Waals surface area (Å²) in [5.41, 5.74) is 4.65. The summed E-state index contributed by atoms with van der Waals surface area (Å²) in [5.74, 6) is -0.247. The first-order chi connectivity index (χ1) is 11.8. The summed E-state index contributed by atoms with van der Waals surface area (Å²) in [6.07, 6.45) is 1.69. The van der Waals surface area contributed by atoms with Crippen molar-refractivity contribution in [3.8, 4) is 11.3 Å². The fourth-order valence-electron chi connectivity index (χ4n) is 2.89. The molecule has 0 unspecified atom stereocenters. The van der Waals surface area contributed by atoms with Crippen LogP contribution < -0.4 is 5.32 Å². The lowest BCUT2D eigenvalue weighted by atomic mass is 9.89. The average Bonchev–Trinajstić information content (AvgIpc) is 3.22. The third-order valence-corrected chi connectivity index (χ3v) is 4.78. The number of nitrogens with one attached hydrogen (secondary N) is 2. The third-order valence-electron chi connectivity index (χ3n) is 3.97. The molecule has 3 aromatic rings. The second-order valence-electron chi connectivity index (χ2n) is 5.47. The molecule has 0 atom stereocenters. The maximum Gasteiger partial charge on any atom is 0.275 e. The van der Waals surface area contributed by atoms with Crippen molar-refractivity contribution >= 4 is 22.4 Å². The number of fused-ring (bicyclic) bond motifs is 3. The molecule has 7 nitrogen and oxygen atoms in total. The number of hydrogen-bond donors (Lipinski definition) is 2. The number of anilines is 1. The van der Waals surface area contributed by atoms with Crippen molar-refractivity contribution in [2.75, 3.05) is 12.4 Å². The minimum absolute atomic E-state index is 0.247. The van der Waals surface area contributed by atoms with Crippen molar-refractivity contribution in [3.05, 3.63) is 46.1 Å². The van der Waals surface area contributed by atoms with Gasteiger partial charge in [0.15, 0.2) is 0 Å². The normalized spacial score (nSPS) is 12.5. The lowest BCUT2D eigenvalue weighted by Crippen LogP contribution is -2.15. The van der Waals surface area contributed by atoms with E-state index in [4.69, 9.17) is 4.74 Å². The number of hydrogen-bond acceptors (Lipinski definition) is 6. The zero-order chi connectivity index (χ0) is 16.5. The van der Waals surface area contributed by atoms with Gasteiger partial charge in [-0.25, -0.2) is 0 Å². The van der Waals surface area contributed by atoms with E-state index in [2.05, 4.69) is 31.8 Å². The van der Waals surface area contributed by atoms with Gasteiger partial charge in [-0.1, -0.05) is 35.6 Å². The first-order valence-electron chi connectivity index (χ1n) is 7.54. The zero-order valence-electron chi connectivity index (χ0n) is 13.0. The van der Waals surface area contributed by atoms with E-state index in [1.807, 2.05) is 18.2 Å². The Balaban J connectivity index is 1.59. The minimum Gasteiger partial charge on any atom is -0.377 e. The molecule has 24 heavy (non-hydrogen) atoms. The van der Waals surface area contributed by atoms with Gasteiger partial charge < -0.3 is 4.74 Å². The van der Waals surface area contributed by atoms with Crippen LogP contribution in [0.3, 0.4) is 0 Å². The Hall–Kier alpha value is -2.58. The molecule has 122 valence electrons. The number of ether oxygens (including phenoxy) is 1. The molecule has 1 aliphatic carbocycles. The molecule has 4 rings (SSSR count). The predicted molar refractivity (Wildman–Crippen MR) is 90.0 cm³/mol. The number of aromatic nitrogens is 4. The smallest absolute Gasteiger partial charge is 0.275 e. The van der Waals surface area contributed by atoms with Gasteiger partial charge in [0.05, 0.1) is 5.69 Å². The first kappa shape index (κ1) is 15.0. The second-order valence-corrected chi connectivity index (χ2v) is 6.53. The van der Waals surface area contributed by atoms with E-state index in [-0.39, 0.29) is 5.91 Å². The number of carbonyl (C=O) groups excluding carboxylic acids is 1. The van der Waals surface area contributed by atoms with Gasteiger partial charge in [0.25, 0.3) is 5.91 Å². The molecule has 2 N–H and O–H groups in total. The summed E-state index contributed by atoms with van der Waals surface area (Å²) in [6, 6.07) is 8.15. The quantitative estimate of drug-likeness (QED) is 0.760. The van der Waals surface area contributed by atoms with Crippen LogP contribution in [0.4, 0.5) is 5.13 Å². The van der Waals surface area contributed by atoms with E-state index in [1.54, 1.807) is 7.11 Å². The van der Waals surface area contributed by atoms with Crippen LogP contribution in [0.25, 0.3) is 11.3 Å². The summed E-state index contributed by atoms with van der Waals surface area (Å²) in [5, 5.41) is 19.1. The molecule has 0 spiro atoms. The van der Waals surface area contributed by atoms with Gasteiger partial charge in [0, 0.05) is 18.2 Å². The molecular weight excluding hydrogens is 326 g/mol. The summed E-state index contributed by atoms with van der Waals surface area (Å²) in [6.45, 7) is 0.379. The molecule has 0 saturated carbocycles. The highest BCUT2D eigenvalue weighted by Gasteiger charge is 2.25. The molecule has 0 bridgehead atoms. The molecule has 2 aromatic heterocycles. The number of benzene rings is 1. The highest BCUT2D eigenvalue weighted by molar-refractivity contribution is 7.15. The van der Waals surface area contributed by atoms with Crippen molar-refractivity contribution in [1.29, 1.82) is 0 Å². The topological polar surface area (TPSA) is 92.8 Å². The molecule has 8 heteroatoms. The molecule has 0 aliphatic heterocycles. The molecule has 1 amide bonds. The molecule has 2 heterocycles. The molecule has 1 aromatic carbocycles. The molecular formula is C16H15N5O2S. The van der Waals surface area contributed by atoms with Gasteiger partial charge in [-0.3, -0.25) is 15.2 Å². The Bertz CT molecular complexity index is 902. The monoisotopic (exact) mass is 341 g/mol. The highest BCUT2D eigenvalue weighted by Crippen LogP contribution is 2.33. The van der Waals surface area contributed by atoms with E-state index < -0.39 is 0 Å².